The topological polar surface area (TPSA) is 91.9 Å². The van der Waals surface area contributed by atoms with Gasteiger partial charge in [-0.15, -0.1) is 24.0 Å². The van der Waals surface area contributed by atoms with Gasteiger partial charge in [-0.05, 0) is 45.9 Å². The van der Waals surface area contributed by atoms with Crippen molar-refractivity contribution in [2.24, 2.45) is 4.99 Å². The Morgan fingerprint density at radius 3 is 2.70 bits per heavy atom. The predicted octanol–water partition coefficient (Wildman–Crippen LogP) is 2.96. The molecule has 0 spiro atoms. The molecule has 1 unspecified atom stereocenters. The van der Waals surface area contributed by atoms with Gasteiger partial charge >= 0.3 is 0 Å². The first-order chi connectivity index (χ1) is 12.5. The lowest BCUT2D eigenvalue weighted by molar-refractivity contribution is 0.0378. The quantitative estimate of drug-likeness (QED) is 0.301. The fraction of sp³-hybridized carbons (Fsp3) is 0.474. The molecule has 0 fully saturated rings. The number of aromatic nitrogens is 1. The zero-order valence-corrected chi connectivity index (χ0v) is 18.6. The van der Waals surface area contributed by atoms with E-state index in [-0.39, 0.29) is 30.5 Å². The SMILES string of the molecule is CCNC(=NCc1cccnc1OCC)NCC(C)(O)c1ccc(C)o1.I. The lowest BCUT2D eigenvalue weighted by atomic mass is 10.0. The van der Waals surface area contributed by atoms with Crippen LogP contribution in [0.1, 0.15) is 37.9 Å². The molecular formula is C19H29IN4O3. The van der Waals surface area contributed by atoms with Crippen molar-refractivity contribution < 1.29 is 14.3 Å². The van der Waals surface area contributed by atoms with E-state index in [0.29, 0.717) is 37.3 Å². The minimum atomic E-state index is -1.14. The highest BCUT2D eigenvalue weighted by molar-refractivity contribution is 14.0. The van der Waals surface area contributed by atoms with Gasteiger partial charge in [0, 0.05) is 18.3 Å². The van der Waals surface area contributed by atoms with E-state index in [1.165, 1.54) is 0 Å². The van der Waals surface area contributed by atoms with Gasteiger partial charge in [0.1, 0.15) is 17.1 Å². The molecule has 2 rings (SSSR count). The first-order valence-electron chi connectivity index (χ1n) is 8.84. The van der Waals surface area contributed by atoms with Crippen LogP contribution in [0.3, 0.4) is 0 Å². The number of hydrogen-bond acceptors (Lipinski definition) is 5. The van der Waals surface area contributed by atoms with E-state index >= 15 is 0 Å². The molecule has 2 aromatic rings. The monoisotopic (exact) mass is 488 g/mol. The molecule has 3 N–H and O–H groups in total. The number of guanidine groups is 1. The maximum absolute atomic E-state index is 10.6. The lowest BCUT2D eigenvalue weighted by Gasteiger charge is -2.23. The molecule has 1 atom stereocenters. The van der Waals surface area contributed by atoms with E-state index in [4.69, 9.17) is 9.15 Å². The minimum Gasteiger partial charge on any atom is -0.478 e. The molecular weight excluding hydrogens is 459 g/mol. The third-order valence-corrected chi connectivity index (χ3v) is 3.75. The van der Waals surface area contributed by atoms with Crippen LogP contribution < -0.4 is 15.4 Å². The zero-order chi connectivity index (χ0) is 19.0. The largest absolute Gasteiger partial charge is 0.478 e. The number of nitrogens with one attached hydrogen (secondary N) is 2. The van der Waals surface area contributed by atoms with E-state index in [1.54, 1.807) is 19.2 Å². The highest BCUT2D eigenvalue weighted by atomic mass is 127. The number of aliphatic hydroxyl groups is 1. The summed E-state index contributed by atoms with van der Waals surface area (Å²) in [6.45, 7) is 9.40. The van der Waals surface area contributed by atoms with Gasteiger partial charge in [-0.25, -0.2) is 9.98 Å². The summed E-state index contributed by atoms with van der Waals surface area (Å²) >= 11 is 0. The Bertz CT molecular complexity index is 731. The number of pyridine rings is 1. The Balaban J connectivity index is 0.00000364. The predicted molar refractivity (Wildman–Crippen MR) is 117 cm³/mol. The van der Waals surface area contributed by atoms with Crippen molar-refractivity contribution in [3.05, 3.63) is 47.5 Å². The molecule has 0 amide bonds. The Morgan fingerprint density at radius 2 is 2.07 bits per heavy atom. The number of aliphatic imine (C=N–C) groups is 1. The van der Waals surface area contributed by atoms with Gasteiger partial charge < -0.3 is 24.9 Å². The van der Waals surface area contributed by atoms with Crippen LogP contribution in [-0.2, 0) is 12.1 Å². The number of furan rings is 1. The minimum absolute atomic E-state index is 0. The number of ether oxygens (including phenoxy) is 1. The summed E-state index contributed by atoms with van der Waals surface area (Å²) in [4.78, 5) is 8.80. The van der Waals surface area contributed by atoms with Gasteiger partial charge in [-0.1, -0.05) is 6.07 Å². The first-order valence-corrected chi connectivity index (χ1v) is 8.84. The molecule has 0 aromatic carbocycles. The van der Waals surface area contributed by atoms with Gasteiger partial charge in [0.05, 0.1) is 19.7 Å². The summed E-state index contributed by atoms with van der Waals surface area (Å²) in [6.07, 6.45) is 1.70. The Labute approximate surface area is 177 Å². The second-order valence-corrected chi connectivity index (χ2v) is 6.13. The van der Waals surface area contributed by atoms with E-state index < -0.39 is 5.60 Å². The summed E-state index contributed by atoms with van der Waals surface area (Å²) in [5.41, 5.74) is -0.241. The summed E-state index contributed by atoms with van der Waals surface area (Å²) in [5, 5.41) is 17.0. The van der Waals surface area contributed by atoms with Gasteiger partial charge in [0.2, 0.25) is 5.88 Å². The van der Waals surface area contributed by atoms with Crippen molar-refractivity contribution in [2.75, 3.05) is 19.7 Å². The second kappa shape index (κ2) is 11.1. The van der Waals surface area contributed by atoms with Gasteiger partial charge in [0.25, 0.3) is 0 Å². The van der Waals surface area contributed by atoms with Crippen molar-refractivity contribution >= 4 is 29.9 Å². The molecule has 0 aliphatic carbocycles. The van der Waals surface area contributed by atoms with Gasteiger partial charge in [-0.3, -0.25) is 0 Å². The maximum Gasteiger partial charge on any atom is 0.218 e. The number of halogens is 1. The molecule has 8 heteroatoms. The van der Waals surface area contributed by atoms with Crippen LogP contribution in [0.4, 0.5) is 0 Å². The Hall–Kier alpha value is -1.81. The molecule has 27 heavy (non-hydrogen) atoms. The summed E-state index contributed by atoms with van der Waals surface area (Å²) < 4.78 is 11.1. The standard InChI is InChI=1S/C19H28N4O3.HI/c1-5-20-18(22-12-15-8-7-11-21-17(15)25-6-2)23-13-19(4,24)16-10-9-14(3)26-16;/h7-11,24H,5-6,12-13H2,1-4H3,(H2,20,22,23);1H. The molecule has 0 bridgehead atoms. The first kappa shape index (κ1) is 23.2. The average molecular weight is 488 g/mol. The van der Waals surface area contributed by atoms with Crippen molar-refractivity contribution in [1.29, 1.82) is 0 Å². The highest BCUT2D eigenvalue weighted by Crippen LogP contribution is 2.22. The summed E-state index contributed by atoms with van der Waals surface area (Å²) in [6, 6.07) is 7.41. The van der Waals surface area contributed by atoms with E-state index in [9.17, 15) is 5.11 Å². The average Bonchev–Trinajstić information content (AvgIpc) is 3.06. The molecule has 2 aromatic heterocycles. The van der Waals surface area contributed by atoms with Crippen LogP contribution >= 0.6 is 24.0 Å². The molecule has 0 saturated heterocycles. The molecule has 7 nitrogen and oxygen atoms in total. The van der Waals surface area contributed by atoms with E-state index in [2.05, 4.69) is 20.6 Å². The third kappa shape index (κ3) is 7.02. The van der Waals surface area contributed by atoms with Crippen LogP contribution in [0.25, 0.3) is 0 Å². The summed E-state index contributed by atoms with van der Waals surface area (Å²) in [5.74, 6) is 2.47. The fourth-order valence-corrected chi connectivity index (χ4v) is 2.38. The van der Waals surface area contributed by atoms with E-state index in [1.807, 2.05) is 39.0 Å². The van der Waals surface area contributed by atoms with Crippen LogP contribution in [0.5, 0.6) is 5.88 Å². The third-order valence-electron chi connectivity index (χ3n) is 3.75. The number of nitrogens with zero attached hydrogens (tertiary/aromatic N) is 2. The smallest absolute Gasteiger partial charge is 0.218 e. The van der Waals surface area contributed by atoms with Gasteiger partial charge in [0.15, 0.2) is 5.96 Å². The van der Waals surface area contributed by atoms with Crippen LogP contribution in [0.2, 0.25) is 0 Å². The normalized spacial score (nSPS) is 13.4. The van der Waals surface area contributed by atoms with Gasteiger partial charge in [-0.2, -0.15) is 0 Å². The van der Waals surface area contributed by atoms with Crippen molar-refractivity contribution in [3.63, 3.8) is 0 Å². The number of rotatable bonds is 8. The zero-order valence-electron chi connectivity index (χ0n) is 16.3. The number of hydrogen-bond donors (Lipinski definition) is 3. The molecule has 0 aliphatic rings. The molecule has 0 radical (unpaired) electrons. The number of aryl methyl sites for hydroxylation is 1. The van der Waals surface area contributed by atoms with Crippen LogP contribution in [0.15, 0.2) is 39.9 Å². The Kier molecular flexibility index (Phi) is 9.57. The van der Waals surface area contributed by atoms with Crippen LogP contribution in [-0.4, -0.2) is 35.7 Å². The van der Waals surface area contributed by atoms with Crippen molar-refractivity contribution in [1.82, 2.24) is 15.6 Å². The second-order valence-electron chi connectivity index (χ2n) is 6.13. The fourth-order valence-electron chi connectivity index (χ4n) is 2.38. The summed E-state index contributed by atoms with van der Waals surface area (Å²) in [7, 11) is 0. The Morgan fingerprint density at radius 1 is 1.30 bits per heavy atom. The molecule has 0 saturated carbocycles. The van der Waals surface area contributed by atoms with Crippen molar-refractivity contribution in [2.45, 2.75) is 39.8 Å². The molecule has 150 valence electrons. The van der Waals surface area contributed by atoms with Crippen LogP contribution in [0, 0.1) is 6.92 Å². The molecule has 2 heterocycles. The maximum atomic E-state index is 10.6. The molecule has 0 aliphatic heterocycles. The van der Waals surface area contributed by atoms with E-state index in [0.717, 1.165) is 11.3 Å². The lowest BCUT2D eigenvalue weighted by Crippen LogP contribution is -2.44. The highest BCUT2D eigenvalue weighted by Gasteiger charge is 2.27. The van der Waals surface area contributed by atoms with Crippen molar-refractivity contribution in [3.8, 4) is 5.88 Å².